The third-order valence-corrected chi connectivity index (χ3v) is 5.61. The van der Waals surface area contributed by atoms with E-state index < -0.39 is 18.0 Å². The van der Waals surface area contributed by atoms with Gasteiger partial charge < -0.3 is 10.1 Å². The number of nitrogens with zero attached hydrogens (tertiary/aromatic N) is 3. The maximum Gasteiger partial charge on any atom is 0.379 e. The Bertz CT molecular complexity index is 1280. The lowest BCUT2D eigenvalue weighted by Gasteiger charge is -2.12. The number of benzene rings is 2. The Kier molecular flexibility index (Phi) is 6.41. The number of Topliss-reactive ketones (excluding diaryl/α,β-unsaturated/α-hetero) is 1. The van der Waals surface area contributed by atoms with E-state index in [1.54, 1.807) is 28.9 Å². The van der Waals surface area contributed by atoms with E-state index in [0.717, 1.165) is 10.6 Å². The van der Waals surface area contributed by atoms with E-state index in [-0.39, 0.29) is 11.6 Å². The van der Waals surface area contributed by atoms with Crippen LogP contribution in [0, 0.1) is 0 Å². The summed E-state index contributed by atoms with van der Waals surface area (Å²) >= 11 is 1.47. The van der Waals surface area contributed by atoms with Crippen LogP contribution < -0.4 is 5.32 Å². The van der Waals surface area contributed by atoms with Gasteiger partial charge in [0.05, 0.1) is 10.6 Å². The van der Waals surface area contributed by atoms with Crippen molar-refractivity contribution in [2.24, 2.45) is 0 Å². The van der Waals surface area contributed by atoms with Crippen LogP contribution in [0.2, 0.25) is 0 Å². The molecule has 0 aliphatic rings. The number of carbonyl (C=O) groups is 3. The zero-order chi connectivity index (χ0) is 23.4. The Morgan fingerprint density at radius 3 is 2.36 bits per heavy atom. The van der Waals surface area contributed by atoms with E-state index in [1.165, 1.54) is 25.2 Å². The number of para-hydroxylation sites is 1. The van der Waals surface area contributed by atoms with Crippen molar-refractivity contribution in [2.75, 3.05) is 5.32 Å². The molecule has 9 heteroatoms. The van der Waals surface area contributed by atoms with Crippen LogP contribution in [0.5, 0.6) is 0 Å². The number of nitrogens with one attached hydrogen (secondary N) is 1. The molecule has 4 aromatic rings. The summed E-state index contributed by atoms with van der Waals surface area (Å²) in [6.07, 6.45) is -1.08. The molecule has 0 radical (unpaired) electrons. The zero-order valence-electron chi connectivity index (χ0n) is 17.9. The maximum absolute atomic E-state index is 12.7. The highest BCUT2D eigenvalue weighted by atomic mass is 32.1. The van der Waals surface area contributed by atoms with E-state index in [4.69, 9.17) is 4.74 Å². The summed E-state index contributed by atoms with van der Waals surface area (Å²) in [5.74, 6) is -1.03. The number of thiophene rings is 1. The van der Waals surface area contributed by atoms with Crippen LogP contribution in [0.4, 0.5) is 5.69 Å². The molecule has 0 fully saturated rings. The largest absolute Gasteiger partial charge is 0.447 e. The SMILES string of the molecule is CC(=O)c1ccc(NC(=O)C(C)OC(=O)c2nc(-c3cccs3)n(-c3ccccc3)n2)cc1. The third kappa shape index (κ3) is 5.04. The Morgan fingerprint density at radius 2 is 1.73 bits per heavy atom. The molecule has 1 atom stereocenters. The molecule has 0 spiro atoms. The van der Waals surface area contributed by atoms with Crippen molar-refractivity contribution in [3.8, 4) is 16.4 Å². The molecule has 2 heterocycles. The van der Waals surface area contributed by atoms with Crippen LogP contribution in [-0.2, 0) is 9.53 Å². The van der Waals surface area contributed by atoms with Crippen LogP contribution >= 0.6 is 11.3 Å². The molecule has 166 valence electrons. The maximum atomic E-state index is 12.7. The van der Waals surface area contributed by atoms with Crippen LogP contribution in [0.1, 0.15) is 34.8 Å². The van der Waals surface area contributed by atoms with Crippen LogP contribution in [-0.4, -0.2) is 38.5 Å². The number of carbonyl (C=O) groups excluding carboxylic acids is 3. The monoisotopic (exact) mass is 460 g/mol. The summed E-state index contributed by atoms with van der Waals surface area (Å²) in [4.78, 5) is 41.8. The van der Waals surface area contributed by atoms with E-state index >= 15 is 0 Å². The molecular weight excluding hydrogens is 440 g/mol. The number of esters is 1. The van der Waals surface area contributed by atoms with Gasteiger partial charge in [0.1, 0.15) is 0 Å². The Labute approximate surface area is 193 Å². The first-order valence-electron chi connectivity index (χ1n) is 10.1. The fourth-order valence-electron chi connectivity index (χ4n) is 3.01. The van der Waals surface area contributed by atoms with Gasteiger partial charge in [0.2, 0.25) is 0 Å². The number of anilines is 1. The molecule has 2 aromatic carbocycles. The molecule has 0 saturated carbocycles. The topological polar surface area (TPSA) is 103 Å². The number of hydrogen-bond acceptors (Lipinski definition) is 7. The number of hydrogen-bond donors (Lipinski definition) is 1. The van der Waals surface area contributed by atoms with Gasteiger partial charge >= 0.3 is 5.97 Å². The summed E-state index contributed by atoms with van der Waals surface area (Å²) in [7, 11) is 0. The Morgan fingerprint density at radius 1 is 1.00 bits per heavy atom. The van der Waals surface area contributed by atoms with E-state index in [0.29, 0.717) is 17.1 Å². The lowest BCUT2D eigenvalue weighted by Crippen LogP contribution is -2.30. The molecule has 0 aliphatic heterocycles. The summed E-state index contributed by atoms with van der Waals surface area (Å²) in [6.45, 7) is 2.93. The number of amides is 1. The summed E-state index contributed by atoms with van der Waals surface area (Å²) in [5.41, 5.74) is 1.76. The second-order valence-electron chi connectivity index (χ2n) is 7.15. The quantitative estimate of drug-likeness (QED) is 0.324. The molecule has 0 bridgehead atoms. The van der Waals surface area contributed by atoms with Crippen molar-refractivity contribution < 1.29 is 19.1 Å². The number of aromatic nitrogens is 3. The highest BCUT2D eigenvalue weighted by Crippen LogP contribution is 2.25. The summed E-state index contributed by atoms with van der Waals surface area (Å²) in [6, 6.07) is 19.5. The number of rotatable bonds is 7. The molecule has 2 aromatic heterocycles. The first kappa shape index (κ1) is 22.1. The first-order valence-corrected chi connectivity index (χ1v) is 11.0. The fourth-order valence-corrected chi connectivity index (χ4v) is 3.71. The van der Waals surface area contributed by atoms with Crippen molar-refractivity contribution in [1.29, 1.82) is 0 Å². The smallest absolute Gasteiger partial charge is 0.379 e. The van der Waals surface area contributed by atoms with Crippen molar-refractivity contribution >= 4 is 34.7 Å². The average Bonchev–Trinajstić information content (AvgIpc) is 3.50. The van der Waals surface area contributed by atoms with Gasteiger partial charge in [0, 0.05) is 11.3 Å². The van der Waals surface area contributed by atoms with Gasteiger partial charge in [0.25, 0.3) is 11.7 Å². The molecular formula is C24H20N4O4S. The fraction of sp³-hybridized carbons (Fsp3) is 0.125. The molecule has 1 unspecified atom stereocenters. The van der Waals surface area contributed by atoms with Gasteiger partial charge in [-0.25, -0.2) is 9.48 Å². The van der Waals surface area contributed by atoms with Crippen LogP contribution in [0.3, 0.4) is 0 Å². The summed E-state index contributed by atoms with van der Waals surface area (Å²) < 4.78 is 6.89. The first-order chi connectivity index (χ1) is 15.9. The Balaban J connectivity index is 1.49. The minimum atomic E-state index is -1.08. The van der Waals surface area contributed by atoms with Crippen molar-refractivity contribution in [3.63, 3.8) is 0 Å². The summed E-state index contributed by atoms with van der Waals surface area (Å²) in [5, 5.41) is 8.90. The molecule has 4 rings (SSSR count). The van der Waals surface area contributed by atoms with E-state index in [1.807, 2.05) is 47.8 Å². The highest BCUT2D eigenvalue weighted by molar-refractivity contribution is 7.13. The molecule has 1 N–H and O–H groups in total. The van der Waals surface area contributed by atoms with Gasteiger partial charge in [-0.2, -0.15) is 4.98 Å². The standard InChI is InChI=1S/C24H20N4O4S/c1-15(29)17-10-12-18(13-11-17)25-23(30)16(2)32-24(31)21-26-22(20-9-6-14-33-20)28(27-21)19-7-4-3-5-8-19/h3-14,16H,1-2H3,(H,25,30). The van der Waals surface area contributed by atoms with Crippen LogP contribution in [0.15, 0.2) is 72.1 Å². The average molecular weight is 461 g/mol. The zero-order valence-corrected chi connectivity index (χ0v) is 18.7. The van der Waals surface area contributed by atoms with Crippen molar-refractivity contribution in [1.82, 2.24) is 14.8 Å². The minimum Gasteiger partial charge on any atom is -0.447 e. The number of ether oxygens (including phenoxy) is 1. The predicted octanol–water partition coefficient (Wildman–Crippen LogP) is 4.38. The second kappa shape index (κ2) is 9.58. The lowest BCUT2D eigenvalue weighted by atomic mass is 10.1. The Hall–Kier alpha value is -4.11. The molecule has 1 amide bonds. The third-order valence-electron chi connectivity index (χ3n) is 4.74. The minimum absolute atomic E-state index is 0.0699. The van der Waals surface area contributed by atoms with Crippen molar-refractivity contribution in [3.05, 3.63) is 83.5 Å². The highest BCUT2D eigenvalue weighted by Gasteiger charge is 2.24. The van der Waals surface area contributed by atoms with Gasteiger partial charge in [-0.05, 0) is 61.7 Å². The molecule has 0 saturated heterocycles. The normalized spacial score (nSPS) is 11.6. The van der Waals surface area contributed by atoms with Gasteiger partial charge in [-0.3, -0.25) is 9.59 Å². The molecule has 0 aliphatic carbocycles. The number of ketones is 1. The second-order valence-corrected chi connectivity index (χ2v) is 8.10. The van der Waals surface area contributed by atoms with Gasteiger partial charge in [-0.15, -0.1) is 16.4 Å². The van der Waals surface area contributed by atoms with Crippen molar-refractivity contribution in [2.45, 2.75) is 20.0 Å². The van der Waals surface area contributed by atoms with E-state index in [2.05, 4.69) is 15.4 Å². The lowest BCUT2D eigenvalue weighted by molar-refractivity contribution is -0.123. The molecule has 8 nitrogen and oxygen atoms in total. The van der Waals surface area contributed by atoms with Gasteiger partial charge in [0.15, 0.2) is 17.7 Å². The predicted molar refractivity (Wildman–Crippen MR) is 125 cm³/mol. The van der Waals surface area contributed by atoms with Crippen LogP contribution in [0.25, 0.3) is 16.4 Å². The molecule has 33 heavy (non-hydrogen) atoms. The van der Waals surface area contributed by atoms with Gasteiger partial charge in [-0.1, -0.05) is 24.3 Å². The van der Waals surface area contributed by atoms with E-state index in [9.17, 15) is 14.4 Å².